The molecule has 1 aliphatic heterocycles. The molecule has 0 atom stereocenters. The number of hydrogen-bond acceptors (Lipinski definition) is 4. The van der Waals surface area contributed by atoms with Crippen molar-refractivity contribution in [2.24, 2.45) is 0 Å². The van der Waals surface area contributed by atoms with Crippen LogP contribution in [-0.2, 0) is 10.0 Å². The van der Waals surface area contributed by atoms with E-state index < -0.39 is 10.0 Å². The Kier molecular flexibility index (Phi) is 6.24. The van der Waals surface area contributed by atoms with Gasteiger partial charge in [0.15, 0.2) is 0 Å². The van der Waals surface area contributed by atoms with Gasteiger partial charge in [-0.25, -0.2) is 13.4 Å². The number of nitrogens with zero attached hydrogens (tertiary/aromatic N) is 2. The maximum absolute atomic E-state index is 13.0. The highest BCUT2D eigenvalue weighted by Crippen LogP contribution is 2.25. The van der Waals surface area contributed by atoms with Gasteiger partial charge in [-0.2, -0.15) is 0 Å². The van der Waals surface area contributed by atoms with E-state index in [1.54, 1.807) is 36.4 Å². The first-order valence-corrected chi connectivity index (χ1v) is 10.8. The number of sulfonamides is 1. The van der Waals surface area contributed by atoms with Gasteiger partial charge in [-0.1, -0.05) is 23.7 Å². The van der Waals surface area contributed by atoms with Crippen LogP contribution in [-0.4, -0.2) is 59.6 Å². The largest absolute Gasteiger partial charge is 0.335 e. The summed E-state index contributed by atoms with van der Waals surface area (Å²) >= 11 is 5.97. The maximum Gasteiger partial charge on any atom is 0.265 e. The molecular formula is C19H24ClN4O3S+. The number of carbonyl (C=O) groups excluding carboxylic acids is 1. The molecule has 0 unspecified atom stereocenters. The first kappa shape index (κ1) is 20.6. The number of quaternary nitrogens is 1. The third kappa shape index (κ3) is 4.64. The highest BCUT2D eigenvalue weighted by Gasteiger charge is 2.24. The van der Waals surface area contributed by atoms with E-state index in [4.69, 9.17) is 11.6 Å². The van der Waals surface area contributed by atoms with Crippen LogP contribution in [0, 0.1) is 0 Å². The lowest BCUT2D eigenvalue weighted by molar-refractivity contribution is -0.884. The normalized spacial score (nSPS) is 16.0. The first-order chi connectivity index (χ1) is 13.3. The number of carbonyl (C=O) groups is 1. The molecule has 0 aromatic heterocycles. The molecule has 28 heavy (non-hydrogen) atoms. The number of piperazine rings is 1. The first-order valence-electron chi connectivity index (χ1n) is 8.99. The van der Waals surface area contributed by atoms with E-state index in [0.717, 1.165) is 30.5 Å². The van der Waals surface area contributed by atoms with E-state index >= 15 is 0 Å². The van der Waals surface area contributed by atoms with Crippen LogP contribution < -0.4 is 14.6 Å². The Morgan fingerprint density at radius 2 is 1.82 bits per heavy atom. The molecule has 2 aromatic rings. The van der Waals surface area contributed by atoms with Crippen LogP contribution in [0.2, 0.25) is 5.02 Å². The van der Waals surface area contributed by atoms with Crippen LogP contribution >= 0.6 is 11.6 Å². The second-order valence-electron chi connectivity index (χ2n) is 6.87. The number of likely N-dealkylation sites (N-methyl/N-ethyl adjacent to an activating group) is 1. The minimum Gasteiger partial charge on any atom is -0.335 e. The summed E-state index contributed by atoms with van der Waals surface area (Å²) in [5.74, 6) is -0.318. The Hall–Kier alpha value is -2.13. The zero-order valence-corrected chi connectivity index (χ0v) is 17.4. The quantitative estimate of drug-likeness (QED) is 0.740. The highest BCUT2D eigenvalue weighted by molar-refractivity contribution is 7.92. The number of anilines is 1. The van der Waals surface area contributed by atoms with Gasteiger partial charge in [-0.05, 0) is 36.4 Å². The van der Waals surface area contributed by atoms with Crippen LogP contribution in [0.4, 0.5) is 5.69 Å². The molecule has 2 aromatic carbocycles. The average Bonchev–Trinajstić information content (AvgIpc) is 2.69. The number of hydrogen-bond donors (Lipinski definition) is 2. The molecule has 2 N–H and O–H groups in total. The standard InChI is InChI=1S/C19H23ClN4O3S/c1-22-9-11-24(12-10-22)21-19(25)15-5-3-8-18(13-15)28(26,27)23(2)17-7-4-6-16(20)14-17/h3-8,13-14H,9-12H2,1-2H3,(H,21,25)/p+1. The Balaban J connectivity index is 1.79. The minimum absolute atomic E-state index is 0.0467. The SMILES string of the molecule is CN(c1cccc(Cl)c1)S(=O)(=O)c1cccc(C(=O)NN2CC[NH+](C)CC2)c1. The van der Waals surface area contributed by atoms with Gasteiger partial charge in [-0.3, -0.25) is 14.5 Å². The van der Waals surface area contributed by atoms with Gasteiger partial charge in [0.1, 0.15) is 0 Å². The van der Waals surface area contributed by atoms with E-state index in [-0.39, 0.29) is 10.8 Å². The van der Waals surface area contributed by atoms with Gasteiger partial charge in [0.25, 0.3) is 15.9 Å². The summed E-state index contributed by atoms with van der Waals surface area (Å²) in [6.45, 7) is 3.40. The fraction of sp³-hybridized carbons (Fsp3) is 0.316. The van der Waals surface area contributed by atoms with Crippen LogP contribution in [0.15, 0.2) is 53.4 Å². The molecule has 3 rings (SSSR count). The third-order valence-electron chi connectivity index (χ3n) is 4.80. The molecule has 150 valence electrons. The summed E-state index contributed by atoms with van der Waals surface area (Å²) in [6, 6.07) is 12.7. The molecule has 1 aliphatic rings. The van der Waals surface area contributed by atoms with Gasteiger partial charge in [0, 0.05) is 17.6 Å². The Bertz CT molecular complexity index is 959. The number of benzene rings is 2. The van der Waals surface area contributed by atoms with Crippen LogP contribution in [0.5, 0.6) is 0 Å². The molecular weight excluding hydrogens is 400 g/mol. The van der Waals surface area contributed by atoms with Crippen LogP contribution in [0.1, 0.15) is 10.4 Å². The fourth-order valence-electron chi connectivity index (χ4n) is 2.98. The van der Waals surface area contributed by atoms with Crippen molar-refractivity contribution in [2.45, 2.75) is 4.90 Å². The van der Waals surface area contributed by atoms with E-state index in [1.165, 1.54) is 24.1 Å². The third-order valence-corrected chi connectivity index (χ3v) is 6.82. The lowest BCUT2D eigenvalue weighted by atomic mass is 10.2. The molecule has 1 heterocycles. The topological polar surface area (TPSA) is 74.2 Å². The average molecular weight is 424 g/mol. The monoisotopic (exact) mass is 423 g/mol. The Labute approximate surface area is 170 Å². The van der Waals surface area contributed by atoms with Crippen molar-refractivity contribution >= 4 is 33.2 Å². The van der Waals surface area contributed by atoms with Crippen LogP contribution in [0.25, 0.3) is 0 Å². The van der Waals surface area contributed by atoms with Gasteiger partial charge in [0.05, 0.1) is 43.8 Å². The summed E-state index contributed by atoms with van der Waals surface area (Å²) in [7, 11) is -0.254. The van der Waals surface area contributed by atoms with Crippen molar-refractivity contribution < 1.29 is 18.1 Å². The van der Waals surface area contributed by atoms with Crippen molar-refractivity contribution in [3.05, 3.63) is 59.1 Å². The van der Waals surface area contributed by atoms with Crippen molar-refractivity contribution in [1.29, 1.82) is 0 Å². The minimum atomic E-state index is -3.83. The van der Waals surface area contributed by atoms with Crippen LogP contribution in [0.3, 0.4) is 0 Å². The molecule has 7 nitrogen and oxygen atoms in total. The van der Waals surface area contributed by atoms with E-state index in [0.29, 0.717) is 16.3 Å². The lowest BCUT2D eigenvalue weighted by Crippen LogP contribution is -3.12. The maximum atomic E-state index is 13.0. The number of halogens is 1. The molecule has 0 aliphatic carbocycles. The Morgan fingerprint density at radius 1 is 1.14 bits per heavy atom. The van der Waals surface area contributed by atoms with Crippen molar-refractivity contribution in [3.63, 3.8) is 0 Å². The van der Waals surface area contributed by atoms with Crippen molar-refractivity contribution in [2.75, 3.05) is 44.6 Å². The van der Waals surface area contributed by atoms with E-state index in [2.05, 4.69) is 12.5 Å². The molecule has 0 spiro atoms. The molecule has 9 heteroatoms. The zero-order valence-electron chi connectivity index (χ0n) is 15.9. The number of nitrogens with one attached hydrogen (secondary N) is 2. The molecule has 0 bridgehead atoms. The van der Waals surface area contributed by atoms with Gasteiger partial charge in [0.2, 0.25) is 0 Å². The predicted octanol–water partition coefficient (Wildman–Crippen LogP) is 0.640. The molecule has 0 saturated carbocycles. The lowest BCUT2D eigenvalue weighted by Gasteiger charge is -2.30. The predicted molar refractivity (Wildman–Crippen MR) is 109 cm³/mol. The fourth-order valence-corrected chi connectivity index (χ4v) is 4.39. The van der Waals surface area contributed by atoms with Crippen molar-refractivity contribution in [1.82, 2.24) is 10.4 Å². The second-order valence-corrected chi connectivity index (χ2v) is 9.27. The zero-order chi connectivity index (χ0) is 20.3. The molecule has 1 amide bonds. The molecule has 0 radical (unpaired) electrons. The summed E-state index contributed by atoms with van der Waals surface area (Å²) in [5, 5.41) is 2.32. The van der Waals surface area contributed by atoms with Gasteiger partial charge >= 0.3 is 0 Å². The highest BCUT2D eigenvalue weighted by atomic mass is 35.5. The Morgan fingerprint density at radius 3 is 2.50 bits per heavy atom. The number of rotatable bonds is 5. The summed E-state index contributed by atoms with van der Waals surface area (Å²) < 4.78 is 27.1. The molecule has 1 fully saturated rings. The summed E-state index contributed by atoms with van der Waals surface area (Å²) in [4.78, 5) is 14.0. The van der Waals surface area contributed by atoms with Gasteiger partial charge in [-0.15, -0.1) is 0 Å². The summed E-state index contributed by atoms with van der Waals surface area (Å²) in [5.41, 5.74) is 3.60. The van der Waals surface area contributed by atoms with Gasteiger partial charge < -0.3 is 4.90 Å². The van der Waals surface area contributed by atoms with Crippen molar-refractivity contribution in [3.8, 4) is 0 Å². The number of hydrazine groups is 1. The summed E-state index contributed by atoms with van der Waals surface area (Å²) in [6.07, 6.45) is 0. The molecule has 1 saturated heterocycles. The van der Waals surface area contributed by atoms with E-state index in [9.17, 15) is 13.2 Å². The number of amides is 1. The second kappa shape index (κ2) is 8.48. The smallest absolute Gasteiger partial charge is 0.265 e. The van der Waals surface area contributed by atoms with E-state index in [1.807, 2.05) is 5.01 Å².